The summed E-state index contributed by atoms with van der Waals surface area (Å²) < 4.78 is 12.7. The van der Waals surface area contributed by atoms with E-state index >= 15 is 0 Å². The molecule has 2 saturated heterocycles. The molecule has 9 heteroatoms. The molecule has 3 rings (SSSR count). The van der Waals surface area contributed by atoms with E-state index in [2.05, 4.69) is 20.4 Å². The van der Waals surface area contributed by atoms with Gasteiger partial charge in [0, 0.05) is 33.3 Å². The number of tetrazole rings is 1. The first-order chi connectivity index (χ1) is 12.2. The molecule has 0 N–H and O–H groups in total. The maximum absolute atomic E-state index is 12.5. The predicted octanol–water partition coefficient (Wildman–Crippen LogP) is -0.0771. The van der Waals surface area contributed by atoms with Gasteiger partial charge in [0.05, 0.1) is 25.9 Å². The van der Waals surface area contributed by atoms with Crippen molar-refractivity contribution >= 4 is 5.91 Å². The number of ether oxygens (including phenoxy) is 2. The van der Waals surface area contributed by atoms with Gasteiger partial charge in [-0.15, -0.1) is 5.10 Å². The van der Waals surface area contributed by atoms with E-state index in [1.807, 2.05) is 7.05 Å². The second kappa shape index (κ2) is 9.21. The summed E-state index contributed by atoms with van der Waals surface area (Å²) in [6, 6.07) is 0. The Hall–Kier alpha value is -1.58. The Labute approximate surface area is 148 Å². The number of nitrogens with zero attached hydrogens (tertiary/aromatic N) is 6. The molecule has 0 bridgehead atoms. The molecule has 1 unspecified atom stereocenters. The second-order valence-corrected chi connectivity index (χ2v) is 6.73. The van der Waals surface area contributed by atoms with Gasteiger partial charge in [0.15, 0.2) is 5.82 Å². The Balaban J connectivity index is 1.46. The molecular formula is C16H28N6O3. The van der Waals surface area contributed by atoms with Crippen molar-refractivity contribution in [2.75, 3.05) is 46.5 Å². The van der Waals surface area contributed by atoms with Gasteiger partial charge in [-0.2, -0.15) is 0 Å². The van der Waals surface area contributed by atoms with E-state index in [4.69, 9.17) is 9.47 Å². The van der Waals surface area contributed by atoms with Crippen LogP contribution in [0.2, 0.25) is 0 Å². The summed E-state index contributed by atoms with van der Waals surface area (Å²) in [5.41, 5.74) is 0. The highest BCUT2D eigenvalue weighted by Crippen LogP contribution is 2.15. The average Bonchev–Trinajstić information content (AvgIpc) is 3.08. The van der Waals surface area contributed by atoms with Gasteiger partial charge in [-0.25, -0.2) is 4.68 Å². The van der Waals surface area contributed by atoms with Crippen molar-refractivity contribution in [1.29, 1.82) is 0 Å². The van der Waals surface area contributed by atoms with Gasteiger partial charge in [-0.3, -0.25) is 9.69 Å². The van der Waals surface area contributed by atoms with E-state index in [0.717, 1.165) is 58.0 Å². The molecule has 1 aromatic rings. The van der Waals surface area contributed by atoms with Crippen LogP contribution in [-0.4, -0.2) is 88.5 Å². The number of amides is 1. The minimum Gasteiger partial charge on any atom is -0.379 e. The fourth-order valence-corrected chi connectivity index (χ4v) is 3.16. The predicted molar refractivity (Wildman–Crippen MR) is 89.8 cm³/mol. The first-order valence-electron chi connectivity index (χ1n) is 9.13. The molecule has 2 aliphatic heterocycles. The third kappa shape index (κ3) is 5.45. The maximum Gasteiger partial charge on any atom is 0.244 e. The Bertz CT molecular complexity index is 540. The zero-order chi connectivity index (χ0) is 17.5. The fourth-order valence-electron chi connectivity index (χ4n) is 3.16. The van der Waals surface area contributed by atoms with Crippen LogP contribution in [0.3, 0.4) is 0 Å². The highest BCUT2D eigenvalue weighted by atomic mass is 16.5. The highest BCUT2D eigenvalue weighted by Gasteiger charge is 2.19. The largest absolute Gasteiger partial charge is 0.379 e. The number of hydrogen-bond acceptors (Lipinski definition) is 7. The van der Waals surface area contributed by atoms with Crippen molar-refractivity contribution in [2.24, 2.45) is 0 Å². The Morgan fingerprint density at radius 2 is 2.12 bits per heavy atom. The Morgan fingerprint density at radius 1 is 1.28 bits per heavy atom. The van der Waals surface area contributed by atoms with Gasteiger partial charge < -0.3 is 14.4 Å². The van der Waals surface area contributed by atoms with Crippen molar-refractivity contribution in [2.45, 2.75) is 44.9 Å². The topological polar surface area (TPSA) is 85.6 Å². The molecule has 2 aliphatic rings. The number of aromatic nitrogens is 4. The number of likely N-dealkylation sites (N-methyl/N-ethyl adjacent to an activating group) is 1. The second-order valence-electron chi connectivity index (χ2n) is 6.73. The molecule has 0 aromatic carbocycles. The van der Waals surface area contributed by atoms with Gasteiger partial charge in [0.25, 0.3) is 0 Å². The first kappa shape index (κ1) is 18.2. The molecule has 9 nitrogen and oxygen atoms in total. The van der Waals surface area contributed by atoms with Crippen molar-refractivity contribution in [3.63, 3.8) is 0 Å². The van der Waals surface area contributed by atoms with E-state index in [-0.39, 0.29) is 18.6 Å². The fraction of sp³-hybridized carbons (Fsp3) is 0.875. The van der Waals surface area contributed by atoms with Crippen molar-refractivity contribution in [3.8, 4) is 0 Å². The summed E-state index contributed by atoms with van der Waals surface area (Å²) >= 11 is 0. The average molecular weight is 352 g/mol. The lowest BCUT2D eigenvalue weighted by Crippen LogP contribution is -2.37. The quantitative estimate of drug-likeness (QED) is 0.678. The third-order valence-corrected chi connectivity index (χ3v) is 4.85. The minimum absolute atomic E-state index is 0.0198. The van der Waals surface area contributed by atoms with Crippen molar-refractivity contribution in [1.82, 2.24) is 30.0 Å². The third-order valence-electron chi connectivity index (χ3n) is 4.85. The summed E-state index contributed by atoms with van der Waals surface area (Å²) in [7, 11) is 1.83. The summed E-state index contributed by atoms with van der Waals surface area (Å²) in [6.45, 7) is 5.55. The molecule has 1 atom stereocenters. The standard InChI is InChI=1S/C16H28N6O3/c1-20(6-5-14-4-2-3-9-25-14)16(23)13-22-15(17-18-19-22)12-21-7-10-24-11-8-21/h14H,2-13H2,1H3. The summed E-state index contributed by atoms with van der Waals surface area (Å²) in [6.07, 6.45) is 4.64. The van der Waals surface area contributed by atoms with Gasteiger partial charge >= 0.3 is 0 Å². The van der Waals surface area contributed by atoms with Crippen molar-refractivity contribution in [3.05, 3.63) is 5.82 Å². The lowest BCUT2D eigenvalue weighted by atomic mass is 10.1. The molecule has 3 heterocycles. The monoisotopic (exact) mass is 352 g/mol. The zero-order valence-corrected chi connectivity index (χ0v) is 15.0. The Morgan fingerprint density at radius 3 is 2.88 bits per heavy atom. The molecule has 0 spiro atoms. The molecule has 1 aromatic heterocycles. The molecule has 25 heavy (non-hydrogen) atoms. The van der Waals surface area contributed by atoms with Crippen LogP contribution in [0.1, 0.15) is 31.5 Å². The van der Waals surface area contributed by atoms with Crippen LogP contribution in [0.15, 0.2) is 0 Å². The molecule has 0 saturated carbocycles. The molecule has 0 radical (unpaired) electrons. The number of carbonyl (C=O) groups is 1. The Kier molecular flexibility index (Phi) is 6.71. The molecule has 0 aliphatic carbocycles. The van der Waals surface area contributed by atoms with Gasteiger partial charge in [-0.1, -0.05) is 0 Å². The van der Waals surface area contributed by atoms with E-state index in [0.29, 0.717) is 13.1 Å². The smallest absolute Gasteiger partial charge is 0.244 e. The van der Waals surface area contributed by atoms with E-state index in [9.17, 15) is 4.79 Å². The first-order valence-corrected chi connectivity index (χ1v) is 9.13. The lowest BCUT2D eigenvalue weighted by Gasteiger charge is -2.26. The van der Waals surface area contributed by atoms with Gasteiger partial charge in [0.2, 0.25) is 5.91 Å². The normalized spacial score (nSPS) is 22.0. The number of carbonyl (C=O) groups excluding carboxylic acids is 1. The van der Waals surface area contributed by atoms with Crippen LogP contribution >= 0.6 is 0 Å². The van der Waals surface area contributed by atoms with E-state index in [1.165, 1.54) is 6.42 Å². The SMILES string of the molecule is CN(CCC1CCCCO1)C(=O)Cn1nnnc1CN1CCOCC1. The molecule has 140 valence electrons. The van der Waals surface area contributed by atoms with Crippen molar-refractivity contribution < 1.29 is 14.3 Å². The summed E-state index contributed by atoms with van der Waals surface area (Å²) in [4.78, 5) is 16.4. The molecular weight excluding hydrogens is 324 g/mol. The number of hydrogen-bond donors (Lipinski definition) is 0. The van der Waals surface area contributed by atoms with Crippen LogP contribution in [-0.2, 0) is 27.4 Å². The summed E-state index contributed by atoms with van der Waals surface area (Å²) in [5.74, 6) is 0.741. The van der Waals surface area contributed by atoms with Gasteiger partial charge in [-0.05, 0) is 36.1 Å². The van der Waals surface area contributed by atoms with Gasteiger partial charge in [0.1, 0.15) is 6.54 Å². The van der Waals surface area contributed by atoms with Crippen LogP contribution in [0, 0.1) is 0 Å². The summed E-state index contributed by atoms with van der Waals surface area (Å²) in [5, 5.41) is 11.8. The van der Waals surface area contributed by atoms with Crippen LogP contribution < -0.4 is 0 Å². The molecule has 1 amide bonds. The van der Waals surface area contributed by atoms with Crippen LogP contribution in [0.4, 0.5) is 0 Å². The maximum atomic E-state index is 12.5. The van der Waals surface area contributed by atoms with Crippen LogP contribution in [0.5, 0.6) is 0 Å². The number of rotatable bonds is 7. The lowest BCUT2D eigenvalue weighted by molar-refractivity contribution is -0.131. The minimum atomic E-state index is 0.0198. The zero-order valence-electron chi connectivity index (χ0n) is 15.0. The highest BCUT2D eigenvalue weighted by molar-refractivity contribution is 5.75. The van der Waals surface area contributed by atoms with E-state index < -0.39 is 0 Å². The molecule has 2 fully saturated rings. The van der Waals surface area contributed by atoms with Crippen LogP contribution in [0.25, 0.3) is 0 Å². The number of morpholine rings is 1. The van der Waals surface area contributed by atoms with E-state index in [1.54, 1.807) is 9.58 Å².